The van der Waals surface area contributed by atoms with Gasteiger partial charge in [0, 0.05) is 6.54 Å². The van der Waals surface area contributed by atoms with Gasteiger partial charge >= 0.3 is 0 Å². The summed E-state index contributed by atoms with van der Waals surface area (Å²) in [5.41, 5.74) is 2.56. The number of benzene rings is 1. The van der Waals surface area contributed by atoms with Gasteiger partial charge in [0.05, 0.1) is 12.6 Å². The van der Waals surface area contributed by atoms with Gasteiger partial charge in [-0.2, -0.15) is 5.21 Å². The Labute approximate surface area is 139 Å². The van der Waals surface area contributed by atoms with Crippen LogP contribution in [0.4, 0.5) is 0 Å². The van der Waals surface area contributed by atoms with Crippen molar-refractivity contribution in [3.8, 4) is 0 Å². The van der Waals surface area contributed by atoms with Crippen molar-refractivity contribution in [2.24, 2.45) is 0 Å². The number of amides is 1. The van der Waals surface area contributed by atoms with Crippen LogP contribution in [0.3, 0.4) is 0 Å². The maximum atomic E-state index is 12.4. The number of H-pyrrole nitrogens is 1. The summed E-state index contributed by atoms with van der Waals surface area (Å²) in [5, 5.41) is 23.3. The van der Waals surface area contributed by atoms with Crippen LogP contribution in [-0.4, -0.2) is 55.6 Å². The molecule has 1 aliphatic rings. The van der Waals surface area contributed by atoms with Crippen molar-refractivity contribution in [1.82, 2.24) is 30.8 Å². The highest BCUT2D eigenvalue weighted by Gasteiger charge is 2.30. The van der Waals surface area contributed by atoms with Crippen molar-refractivity contribution in [3.05, 3.63) is 41.2 Å². The van der Waals surface area contributed by atoms with E-state index in [1.807, 2.05) is 12.1 Å². The number of fused-ring (bicyclic) bond motifs is 1. The first-order valence-corrected chi connectivity index (χ1v) is 7.58. The fourth-order valence-electron chi connectivity index (χ4n) is 2.71. The Bertz CT molecular complexity index is 661. The van der Waals surface area contributed by atoms with E-state index in [0.717, 1.165) is 19.5 Å². The summed E-state index contributed by atoms with van der Waals surface area (Å²) in [4.78, 5) is 23.0. The number of carboxylic acid groups (broad SMARTS) is 1. The molecule has 0 radical (unpaired) electrons. The Morgan fingerprint density at radius 1 is 1.46 bits per heavy atom. The number of aromatic amines is 1. The summed E-state index contributed by atoms with van der Waals surface area (Å²) >= 11 is 0. The summed E-state index contributed by atoms with van der Waals surface area (Å²) in [5.74, 6) is 0.499. The van der Waals surface area contributed by atoms with Crippen molar-refractivity contribution in [1.29, 1.82) is 0 Å². The molecule has 3 rings (SSSR count). The normalized spacial score (nSPS) is 16.5. The van der Waals surface area contributed by atoms with E-state index in [1.54, 1.807) is 0 Å². The van der Waals surface area contributed by atoms with Crippen LogP contribution in [0.2, 0.25) is 0 Å². The molecule has 9 heteroatoms. The van der Waals surface area contributed by atoms with Gasteiger partial charge in [-0.15, -0.1) is 10.2 Å². The molecule has 1 atom stereocenters. The summed E-state index contributed by atoms with van der Waals surface area (Å²) < 4.78 is 0. The number of nitrogens with zero attached hydrogens (tertiary/aromatic N) is 4. The van der Waals surface area contributed by atoms with Crippen molar-refractivity contribution in [2.75, 3.05) is 6.54 Å². The molecule has 0 saturated carbocycles. The summed E-state index contributed by atoms with van der Waals surface area (Å²) in [6.07, 6.45) is 0.738. The number of likely N-dealkylation sites (N-methyl/N-ethyl adjacent to an activating group) is 1. The number of tetrazole rings is 1. The van der Waals surface area contributed by atoms with Gasteiger partial charge in [0.2, 0.25) is 5.91 Å². The van der Waals surface area contributed by atoms with Crippen molar-refractivity contribution in [2.45, 2.75) is 32.5 Å². The van der Waals surface area contributed by atoms with Crippen LogP contribution in [0.25, 0.3) is 0 Å². The number of carbonyl (C=O) groups excluding carboxylic acids is 1. The smallest absolute Gasteiger partial charge is 0.290 e. The second-order valence-corrected chi connectivity index (χ2v) is 5.20. The van der Waals surface area contributed by atoms with E-state index in [9.17, 15) is 4.79 Å². The predicted molar refractivity (Wildman–Crippen MR) is 84.7 cm³/mol. The van der Waals surface area contributed by atoms with Gasteiger partial charge in [-0.05, 0) is 24.1 Å². The highest BCUT2D eigenvalue weighted by Crippen LogP contribution is 2.23. The number of aromatic nitrogens is 4. The Morgan fingerprint density at radius 2 is 2.17 bits per heavy atom. The SMILES string of the molecule is CCN1Cc2ccccc2CC1C(=O)NCc1nn[nH]n1.O=CO. The minimum atomic E-state index is -0.250. The molecule has 1 aromatic heterocycles. The standard InChI is InChI=1S/C14H18N6O.CH2O2/c1-2-20-9-11-6-4-3-5-10(11)7-12(20)14(21)15-8-13-16-18-19-17-13;2-1-3/h3-6,12H,2,7-9H2,1H3,(H,15,21)(H,16,17,18,19);1H,(H,2,3). The minimum Gasteiger partial charge on any atom is -0.483 e. The first-order chi connectivity index (χ1) is 11.7. The topological polar surface area (TPSA) is 124 Å². The van der Waals surface area contributed by atoms with Gasteiger partial charge in [0.25, 0.3) is 6.47 Å². The van der Waals surface area contributed by atoms with Crippen molar-refractivity contribution >= 4 is 12.4 Å². The Hall–Kier alpha value is -2.81. The molecule has 9 nitrogen and oxygen atoms in total. The lowest BCUT2D eigenvalue weighted by Gasteiger charge is -2.35. The van der Waals surface area contributed by atoms with E-state index in [-0.39, 0.29) is 18.4 Å². The van der Waals surface area contributed by atoms with E-state index >= 15 is 0 Å². The lowest BCUT2D eigenvalue weighted by Crippen LogP contribution is -2.50. The average Bonchev–Trinajstić information content (AvgIpc) is 3.12. The number of rotatable bonds is 4. The Morgan fingerprint density at radius 3 is 2.79 bits per heavy atom. The third-order valence-corrected chi connectivity index (χ3v) is 3.86. The number of nitrogens with one attached hydrogen (secondary N) is 2. The zero-order valence-corrected chi connectivity index (χ0v) is 13.3. The molecule has 3 N–H and O–H groups in total. The van der Waals surface area contributed by atoms with Crippen molar-refractivity contribution in [3.63, 3.8) is 0 Å². The van der Waals surface area contributed by atoms with E-state index in [4.69, 9.17) is 9.90 Å². The van der Waals surface area contributed by atoms with Crippen LogP contribution in [0, 0.1) is 0 Å². The lowest BCUT2D eigenvalue weighted by atomic mass is 9.93. The predicted octanol–water partition coefficient (Wildman–Crippen LogP) is -0.0365. The third kappa shape index (κ3) is 4.35. The van der Waals surface area contributed by atoms with Gasteiger partial charge in [0.15, 0.2) is 5.82 Å². The van der Waals surface area contributed by atoms with E-state index in [0.29, 0.717) is 12.4 Å². The number of hydrogen-bond donors (Lipinski definition) is 3. The van der Waals surface area contributed by atoms with Crippen molar-refractivity contribution < 1.29 is 14.7 Å². The molecular weight excluding hydrogens is 312 g/mol. The first kappa shape index (κ1) is 17.5. The van der Waals surface area contributed by atoms with Gasteiger partial charge in [-0.25, -0.2) is 0 Å². The molecule has 1 aromatic carbocycles. The van der Waals surface area contributed by atoms with Gasteiger partial charge in [0.1, 0.15) is 0 Å². The maximum absolute atomic E-state index is 12.4. The molecule has 1 unspecified atom stereocenters. The van der Waals surface area contributed by atoms with E-state index < -0.39 is 0 Å². The molecule has 1 amide bonds. The fourth-order valence-corrected chi connectivity index (χ4v) is 2.71. The van der Waals surface area contributed by atoms with Crippen LogP contribution in [-0.2, 0) is 29.1 Å². The zero-order valence-electron chi connectivity index (χ0n) is 13.3. The fraction of sp³-hybridized carbons (Fsp3) is 0.400. The number of hydrogen-bond acceptors (Lipinski definition) is 6. The highest BCUT2D eigenvalue weighted by molar-refractivity contribution is 5.82. The largest absolute Gasteiger partial charge is 0.483 e. The summed E-state index contributed by atoms with van der Waals surface area (Å²) in [6, 6.07) is 8.16. The molecular formula is C15H20N6O3. The van der Waals surface area contributed by atoms with Gasteiger partial charge < -0.3 is 10.4 Å². The van der Waals surface area contributed by atoms with Crippen LogP contribution < -0.4 is 5.32 Å². The molecule has 1 aliphatic heterocycles. The number of carbonyl (C=O) groups is 2. The Kier molecular flexibility index (Phi) is 6.38. The summed E-state index contributed by atoms with van der Waals surface area (Å²) in [6.45, 7) is 3.78. The second kappa shape index (κ2) is 8.73. The van der Waals surface area contributed by atoms with Gasteiger partial charge in [-0.1, -0.05) is 36.4 Å². The Balaban J connectivity index is 0.000000647. The monoisotopic (exact) mass is 332 g/mol. The zero-order chi connectivity index (χ0) is 17.4. The quantitative estimate of drug-likeness (QED) is 0.671. The molecule has 0 spiro atoms. The second-order valence-electron chi connectivity index (χ2n) is 5.20. The van der Waals surface area contributed by atoms with Crippen LogP contribution in [0.5, 0.6) is 0 Å². The minimum absolute atomic E-state index is 0.0103. The van der Waals surface area contributed by atoms with E-state index in [1.165, 1.54) is 11.1 Å². The molecule has 24 heavy (non-hydrogen) atoms. The summed E-state index contributed by atoms with van der Waals surface area (Å²) in [7, 11) is 0. The molecule has 0 fully saturated rings. The molecule has 0 bridgehead atoms. The van der Waals surface area contributed by atoms with Crippen LogP contribution in [0.15, 0.2) is 24.3 Å². The first-order valence-electron chi connectivity index (χ1n) is 7.58. The molecule has 128 valence electrons. The lowest BCUT2D eigenvalue weighted by molar-refractivity contribution is -0.127. The molecule has 2 heterocycles. The highest BCUT2D eigenvalue weighted by atomic mass is 16.3. The van der Waals surface area contributed by atoms with Gasteiger partial charge in [-0.3, -0.25) is 14.5 Å². The third-order valence-electron chi connectivity index (χ3n) is 3.86. The average molecular weight is 332 g/mol. The van der Waals surface area contributed by atoms with Crippen LogP contribution in [0.1, 0.15) is 23.9 Å². The van der Waals surface area contributed by atoms with E-state index in [2.05, 4.69) is 49.9 Å². The molecule has 2 aromatic rings. The molecule has 0 aliphatic carbocycles. The van der Waals surface area contributed by atoms with Crippen LogP contribution >= 0.6 is 0 Å². The maximum Gasteiger partial charge on any atom is 0.290 e. The molecule has 0 saturated heterocycles.